The Morgan fingerprint density at radius 1 is 1.39 bits per heavy atom. The standard InChI is InChI=1S/C11H17N6O/c12-9-1-3-14-11(15-9)17-7-5-16(6-8-17)4-2-10(13)18/h1-3H,4-8H2,(H2,13,18)(H2,12,14,15). The molecule has 7 nitrogen and oxygen atoms in total. The third kappa shape index (κ3) is 3.30. The Bertz CT molecular complexity index is 416. The number of hydrogen-bond donors (Lipinski definition) is 2. The first-order valence-corrected chi connectivity index (χ1v) is 5.83. The van der Waals surface area contributed by atoms with Gasteiger partial charge in [0.25, 0.3) is 0 Å². The zero-order valence-corrected chi connectivity index (χ0v) is 10.1. The lowest BCUT2D eigenvalue weighted by Gasteiger charge is -2.34. The highest BCUT2D eigenvalue weighted by atomic mass is 16.1. The molecule has 0 bridgehead atoms. The molecule has 0 atom stereocenters. The molecule has 1 aromatic heterocycles. The van der Waals surface area contributed by atoms with Crippen LogP contribution in [0.2, 0.25) is 0 Å². The molecule has 0 saturated carbocycles. The van der Waals surface area contributed by atoms with Gasteiger partial charge in [-0.15, -0.1) is 0 Å². The third-order valence-electron chi connectivity index (χ3n) is 2.87. The van der Waals surface area contributed by atoms with Crippen molar-refractivity contribution in [1.29, 1.82) is 0 Å². The lowest BCUT2D eigenvalue weighted by atomic mass is 10.3. The summed E-state index contributed by atoms with van der Waals surface area (Å²) >= 11 is 0. The van der Waals surface area contributed by atoms with E-state index in [9.17, 15) is 4.79 Å². The summed E-state index contributed by atoms with van der Waals surface area (Å²) in [7, 11) is 0. The van der Waals surface area contributed by atoms with Crippen molar-refractivity contribution in [1.82, 2.24) is 14.9 Å². The second-order valence-corrected chi connectivity index (χ2v) is 4.18. The Hall–Kier alpha value is -1.89. The van der Waals surface area contributed by atoms with E-state index in [0.29, 0.717) is 18.3 Å². The first-order valence-electron chi connectivity index (χ1n) is 5.83. The molecule has 0 aliphatic carbocycles. The maximum Gasteiger partial charge on any atom is 0.227 e. The van der Waals surface area contributed by atoms with Crippen LogP contribution >= 0.6 is 0 Å². The molecule has 1 fully saturated rings. The summed E-state index contributed by atoms with van der Waals surface area (Å²) < 4.78 is 0. The van der Waals surface area contributed by atoms with E-state index in [0.717, 1.165) is 26.2 Å². The lowest BCUT2D eigenvalue weighted by Crippen LogP contribution is -2.47. The zero-order valence-electron chi connectivity index (χ0n) is 10.1. The molecule has 1 saturated heterocycles. The van der Waals surface area contributed by atoms with Gasteiger partial charge in [-0.2, -0.15) is 4.98 Å². The summed E-state index contributed by atoms with van der Waals surface area (Å²) in [6.07, 6.45) is 3.15. The molecule has 97 valence electrons. The minimum Gasteiger partial charge on any atom is -0.384 e. The van der Waals surface area contributed by atoms with Gasteiger partial charge in [-0.25, -0.2) is 4.98 Å². The van der Waals surface area contributed by atoms with E-state index in [1.807, 2.05) is 0 Å². The van der Waals surface area contributed by atoms with Crippen LogP contribution in [0.5, 0.6) is 0 Å². The fourth-order valence-electron chi connectivity index (χ4n) is 1.86. The van der Waals surface area contributed by atoms with Gasteiger partial charge in [0.2, 0.25) is 11.9 Å². The van der Waals surface area contributed by atoms with Crippen molar-refractivity contribution >= 4 is 17.7 Å². The number of carbonyl (C=O) groups is 1. The van der Waals surface area contributed by atoms with Crippen molar-refractivity contribution in [2.24, 2.45) is 5.73 Å². The molecule has 1 aliphatic heterocycles. The Morgan fingerprint density at radius 2 is 2.11 bits per heavy atom. The van der Waals surface area contributed by atoms with E-state index in [1.54, 1.807) is 12.3 Å². The van der Waals surface area contributed by atoms with Crippen molar-refractivity contribution in [3.63, 3.8) is 0 Å². The van der Waals surface area contributed by atoms with E-state index in [4.69, 9.17) is 11.5 Å². The van der Waals surface area contributed by atoms with Crippen LogP contribution in [0.15, 0.2) is 12.3 Å². The summed E-state index contributed by atoms with van der Waals surface area (Å²) in [5.74, 6) is 0.759. The molecule has 0 aromatic carbocycles. The van der Waals surface area contributed by atoms with Gasteiger partial charge in [-0.3, -0.25) is 9.69 Å². The molecular weight excluding hydrogens is 232 g/mol. The Labute approximate surface area is 106 Å². The summed E-state index contributed by atoms with van der Waals surface area (Å²) in [5.41, 5.74) is 10.7. The summed E-state index contributed by atoms with van der Waals surface area (Å²) in [6, 6.07) is 1.67. The molecule has 1 amide bonds. The fraction of sp³-hybridized carbons (Fsp3) is 0.455. The topological polar surface area (TPSA) is 101 Å². The average Bonchev–Trinajstić information content (AvgIpc) is 2.37. The third-order valence-corrected chi connectivity index (χ3v) is 2.87. The minimum absolute atomic E-state index is 0.378. The highest BCUT2D eigenvalue weighted by Crippen LogP contribution is 2.11. The van der Waals surface area contributed by atoms with Crippen LogP contribution in [-0.2, 0) is 4.79 Å². The number of rotatable bonds is 4. The quantitative estimate of drug-likeness (QED) is 0.700. The van der Waals surface area contributed by atoms with Crippen LogP contribution in [0.3, 0.4) is 0 Å². The number of nitrogen functional groups attached to an aromatic ring is 1. The maximum absolute atomic E-state index is 10.7. The van der Waals surface area contributed by atoms with Crippen molar-refractivity contribution < 1.29 is 4.79 Å². The molecule has 18 heavy (non-hydrogen) atoms. The number of primary amides is 1. The van der Waals surface area contributed by atoms with Gasteiger partial charge in [0, 0.05) is 38.9 Å². The van der Waals surface area contributed by atoms with Gasteiger partial charge in [-0.1, -0.05) is 0 Å². The van der Waals surface area contributed by atoms with Crippen LogP contribution in [-0.4, -0.2) is 53.5 Å². The first-order chi connectivity index (χ1) is 8.65. The number of carbonyl (C=O) groups excluding carboxylic acids is 1. The van der Waals surface area contributed by atoms with Crippen molar-refractivity contribution in [3.05, 3.63) is 18.7 Å². The SMILES string of the molecule is NC(=O)[CH]CN1CCN(c2nccc(N)n2)CC1. The van der Waals surface area contributed by atoms with Gasteiger partial charge < -0.3 is 16.4 Å². The van der Waals surface area contributed by atoms with Crippen LogP contribution in [0.1, 0.15) is 0 Å². The molecule has 1 aliphatic rings. The fourth-order valence-corrected chi connectivity index (χ4v) is 1.86. The monoisotopic (exact) mass is 249 g/mol. The molecule has 4 N–H and O–H groups in total. The summed E-state index contributed by atoms with van der Waals surface area (Å²) in [4.78, 5) is 23.3. The van der Waals surface area contributed by atoms with Gasteiger partial charge in [0.05, 0.1) is 6.42 Å². The van der Waals surface area contributed by atoms with Crippen molar-refractivity contribution in [2.75, 3.05) is 43.4 Å². The summed E-state index contributed by atoms with van der Waals surface area (Å²) in [5, 5.41) is 0. The first kappa shape index (κ1) is 12.6. The van der Waals surface area contributed by atoms with E-state index in [2.05, 4.69) is 19.8 Å². The number of nitrogens with two attached hydrogens (primary N) is 2. The Balaban J connectivity index is 1.85. The van der Waals surface area contributed by atoms with E-state index < -0.39 is 0 Å². The minimum atomic E-state index is -0.378. The number of nitrogens with zero attached hydrogens (tertiary/aromatic N) is 4. The lowest BCUT2D eigenvalue weighted by molar-refractivity contribution is -0.115. The second-order valence-electron chi connectivity index (χ2n) is 4.18. The predicted octanol–water partition coefficient (Wildman–Crippen LogP) is -1.13. The second kappa shape index (κ2) is 5.63. The number of aromatic nitrogens is 2. The number of amides is 1. The number of piperazine rings is 1. The summed E-state index contributed by atoms with van der Waals surface area (Å²) in [6.45, 7) is 3.93. The highest BCUT2D eigenvalue weighted by molar-refractivity contribution is 5.83. The van der Waals surface area contributed by atoms with Gasteiger partial charge in [0.15, 0.2) is 0 Å². The van der Waals surface area contributed by atoms with E-state index >= 15 is 0 Å². The Morgan fingerprint density at radius 3 is 2.72 bits per heavy atom. The van der Waals surface area contributed by atoms with Crippen LogP contribution in [0.25, 0.3) is 0 Å². The van der Waals surface area contributed by atoms with Gasteiger partial charge >= 0.3 is 0 Å². The molecular formula is C11H17N6O. The van der Waals surface area contributed by atoms with Gasteiger partial charge in [-0.05, 0) is 6.07 Å². The molecule has 0 spiro atoms. The molecule has 2 rings (SSSR count). The normalized spacial score (nSPS) is 16.8. The van der Waals surface area contributed by atoms with Crippen molar-refractivity contribution in [2.45, 2.75) is 0 Å². The van der Waals surface area contributed by atoms with Crippen LogP contribution < -0.4 is 16.4 Å². The molecule has 7 heteroatoms. The van der Waals surface area contributed by atoms with Crippen LogP contribution in [0.4, 0.5) is 11.8 Å². The molecule has 0 unspecified atom stereocenters. The molecule has 1 radical (unpaired) electrons. The molecule has 1 aromatic rings. The van der Waals surface area contributed by atoms with Crippen LogP contribution in [0, 0.1) is 6.42 Å². The number of hydrogen-bond acceptors (Lipinski definition) is 6. The maximum atomic E-state index is 10.7. The largest absolute Gasteiger partial charge is 0.384 e. The van der Waals surface area contributed by atoms with E-state index in [-0.39, 0.29) is 5.91 Å². The van der Waals surface area contributed by atoms with Crippen molar-refractivity contribution in [3.8, 4) is 0 Å². The number of anilines is 2. The highest BCUT2D eigenvalue weighted by Gasteiger charge is 2.19. The predicted molar refractivity (Wildman–Crippen MR) is 68.6 cm³/mol. The average molecular weight is 249 g/mol. The van der Waals surface area contributed by atoms with Gasteiger partial charge in [0.1, 0.15) is 5.82 Å². The smallest absolute Gasteiger partial charge is 0.227 e. The molecule has 2 heterocycles. The van der Waals surface area contributed by atoms with E-state index in [1.165, 1.54) is 6.42 Å². The Kier molecular flexibility index (Phi) is 3.93. The zero-order chi connectivity index (χ0) is 13.0.